The number of aromatic amines is 1. The number of aliphatic hydroxyl groups is 3. The number of aliphatic carboxylic acids is 3. The van der Waals surface area contributed by atoms with Crippen molar-refractivity contribution in [3.8, 4) is 5.75 Å². The Morgan fingerprint density at radius 3 is 1.48 bits per heavy atom. The number of amides is 9. The summed E-state index contributed by atoms with van der Waals surface area (Å²) in [7, 11) is 0. The van der Waals surface area contributed by atoms with Crippen LogP contribution in [0.25, 0.3) is 10.9 Å². The molecule has 3 radical (unpaired) electrons. The molecule has 2 heterocycles. The molecule has 1 saturated carbocycles. The van der Waals surface area contributed by atoms with Crippen molar-refractivity contribution in [2.75, 3.05) is 78.7 Å². The van der Waals surface area contributed by atoms with Crippen LogP contribution < -0.4 is 59.3 Å². The minimum atomic E-state index is -1.86. The summed E-state index contributed by atoms with van der Waals surface area (Å²) in [5.74, 6) is -13.7. The number of aromatic hydroxyl groups is 1. The maximum atomic E-state index is 14.9. The van der Waals surface area contributed by atoms with Gasteiger partial charge in [0.1, 0.15) is 65.9 Å². The predicted molar refractivity (Wildman–Crippen MR) is 400 cm³/mol. The van der Waals surface area contributed by atoms with E-state index >= 15 is 0 Å². The second-order valence-electron chi connectivity index (χ2n) is 27.6. The van der Waals surface area contributed by atoms with Crippen molar-refractivity contribution in [1.82, 2.24) is 67.5 Å². The number of nitrogens with two attached hydrogens (primary N) is 2. The van der Waals surface area contributed by atoms with Crippen LogP contribution in [-0.4, -0.2) is 285 Å². The number of carboxylic acid groups (broad SMARTS) is 3. The number of carbonyl (C=O) groups is 12. The number of phenols is 1. The van der Waals surface area contributed by atoms with E-state index in [1.54, 1.807) is 83.3 Å². The number of carbonyl (C=O) groups excluding carboxylic acids is 9. The fourth-order valence-corrected chi connectivity index (χ4v) is 12.8. The van der Waals surface area contributed by atoms with E-state index in [1.807, 2.05) is 6.07 Å². The number of fused-ring (bicyclic) bond motifs is 1. The van der Waals surface area contributed by atoms with Crippen molar-refractivity contribution < 1.29 is 93.3 Å². The predicted octanol–water partition coefficient (Wildman–Crippen LogP) is -2.43. The molecule has 593 valence electrons. The first-order valence-electron chi connectivity index (χ1n) is 36.0. The molecule has 9 atom stereocenters. The third-order valence-corrected chi connectivity index (χ3v) is 18.5. The SMILES string of the molecule is C=C(O)[C@H](CO)NC(=O)[C@H](Cc1c[nH]c2ccccc12)NC(=O)[C@@H](CC(C)C)NC(=O)[C@H](Cc1ccc(O)cc1)NC(=O)C(CCCN=C(N)N)NC(=O)C(CO)NC(=O)C(Cc1ccccc1)NC(=O)[C@H](CC1CCCCC1)NC(=O)[C@@H](CC(=O)O)NC(=O)CN1CCN(CC(=O)O)CCN(CC(=O)O)CC1.[68Ga]. The number of carboxylic acids is 3. The zero-order valence-corrected chi connectivity index (χ0v) is 63.8. The Kier molecular flexibility index (Phi) is 37.5. The third kappa shape index (κ3) is 31.2. The molecule has 35 nitrogen and oxygen atoms in total. The summed E-state index contributed by atoms with van der Waals surface area (Å²) in [5.41, 5.74) is 13.5. The van der Waals surface area contributed by atoms with E-state index in [4.69, 9.17) is 11.5 Å². The van der Waals surface area contributed by atoms with Crippen LogP contribution in [-0.2, 0) is 76.8 Å². The Balaban J connectivity index is 0.0000213. The zero-order chi connectivity index (χ0) is 79.0. The number of rotatable bonds is 42. The van der Waals surface area contributed by atoms with E-state index in [1.165, 1.54) is 24.3 Å². The standard InChI is InChI=1S/C73H104N16O19.Ga/c1-43(2)31-53(66(102)84-57(70(106)85-59(41-90)44(3)92)35-48-37-77-51-18-11-10-17-50(48)51)80-67(103)56(34-47-20-22-49(93)23-21-47)81-65(101)52(19-12-24-76-73(74)75)79-72(108)60(42-91)86-69(105)55(33-46-15-8-5-9-16-46)82-68(104)54(32-45-13-6-4-7-14-45)83-71(107)58(36-62(95)96)78-61(94)38-87-25-27-88(39-63(97)98)29-30-89(28-26-87)40-64(99)100;/h5,8-11,15-18,20-23,37,43,45,52-60,77,90-93H,3-4,6-7,12-14,19,24-36,38-42H2,1-2H3,(H,78,94)(H,79,108)(H,80,103)(H,81,101)(H,82,104)(H,83,107)(H,84,102)(H,85,106)(H,86,105)(H,95,96)(H,97,98)(H,99,100)(H4,74,75,76);/t52?,53-,54+,55?,56+,57+,58-,59+,60?;/m1./s1/i;1-2. The quantitative estimate of drug-likeness (QED) is 0.00721. The van der Waals surface area contributed by atoms with Gasteiger partial charge in [-0.25, -0.2) is 0 Å². The molecular formula is C73H104GaN16O19. The van der Waals surface area contributed by atoms with E-state index in [0.717, 1.165) is 30.2 Å². The fourth-order valence-electron chi connectivity index (χ4n) is 12.8. The van der Waals surface area contributed by atoms with Gasteiger partial charge in [-0.05, 0) is 72.4 Å². The van der Waals surface area contributed by atoms with Crippen LogP contribution in [0, 0.1) is 11.8 Å². The summed E-state index contributed by atoms with van der Waals surface area (Å²) >= 11 is 0. The molecule has 21 N–H and O–H groups in total. The number of phenolic OH excluding ortho intramolecular Hbond substituents is 1. The first kappa shape index (κ1) is 89.5. The van der Waals surface area contributed by atoms with E-state index < -0.39 is 157 Å². The van der Waals surface area contributed by atoms with E-state index in [2.05, 4.69) is 64.4 Å². The van der Waals surface area contributed by atoms with Gasteiger partial charge in [0, 0.05) is 102 Å². The summed E-state index contributed by atoms with van der Waals surface area (Å²) in [5, 5.41) is 94.5. The number of hydrogen-bond donors (Lipinski definition) is 19. The van der Waals surface area contributed by atoms with Gasteiger partial charge in [-0.2, -0.15) is 0 Å². The van der Waals surface area contributed by atoms with Crippen molar-refractivity contribution in [2.45, 2.75) is 152 Å². The first-order valence-corrected chi connectivity index (χ1v) is 36.0. The molecule has 36 heteroatoms. The molecule has 3 aromatic carbocycles. The number of guanidine groups is 1. The van der Waals surface area contributed by atoms with Gasteiger partial charge in [-0.1, -0.05) is 113 Å². The summed E-state index contributed by atoms with van der Waals surface area (Å²) < 4.78 is 0. The average Bonchev–Trinajstić information content (AvgIpc) is 1.80. The van der Waals surface area contributed by atoms with Crippen LogP contribution in [0.3, 0.4) is 0 Å². The summed E-state index contributed by atoms with van der Waals surface area (Å²) in [6.07, 6.45) is 3.60. The molecule has 4 aromatic rings. The van der Waals surface area contributed by atoms with Crippen molar-refractivity contribution in [1.29, 1.82) is 0 Å². The molecule has 2 fully saturated rings. The van der Waals surface area contributed by atoms with Crippen LogP contribution in [0.4, 0.5) is 0 Å². The maximum absolute atomic E-state index is 14.9. The molecule has 2 aliphatic rings. The van der Waals surface area contributed by atoms with Gasteiger partial charge in [-0.15, -0.1) is 0 Å². The molecule has 109 heavy (non-hydrogen) atoms. The number of aromatic nitrogens is 1. The number of hydrogen-bond acceptors (Lipinski definition) is 20. The molecule has 9 amide bonds. The fraction of sp³-hybridized carbons (Fsp3) is 0.521. The Hall–Kier alpha value is -10.1. The van der Waals surface area contributed by atoms with Crippen molar-refractivity contribution in [2.24, 2.45) is 28.3 Å². The summed E-state index contributed by atoms with van der Waals surface area (Å²) in [6, 6.07) is 7.24. The van der Waals surface area contributed by atoms with Crippen molar-refractivity contribution >= 4 is 108 Å². The normalized spacial score (nSPS) is 16.3. The average molecular weight is 1580 g/mol. The van der Waals surface area contributed by atoms with Gasteiger partial charge in [0.15, 0.2) is 5.96 Å². The van der Waals surface area contributed by atoms with Gasteiger partial charge in [0.2, 0.25) is 53.2 Å². The number of H-pyrrole nitrogens is 1. The third-order valence-electron chi connectivity index (χ3n) is 18.5. The molecule has 3 unspecified atom stereocenters. The van der Waals surface area contributed by atoms with Crippen molar-refractivity contribution in [3.05, 3.63) is 114 Å². The van der Waals surface area contributed by atoms with Crippen molar-refractivity contribution in [3.63, 3.8) is 0 Å². The van der Waals surface area contributed by atoms with Crippen LogP contribution >= 0.6 is 0 Å². The van der Waals surface area contributed by atoms with E-state index in [0.29, 0.717) is 29.5 Å². The molecule has 6 rings (SSSR count). The molecule has 0 bridgehead atoms. The number of nitrogens with zero attached hydrogens (tertiary/aromatic N) is 4. The summed E-state index contributed by atoms with van der Waals surface area (Å²) in [4.78, 5) is 178. The second-order valence-corrected chi connectivity index (χ2v) is 27.6. The van der Waals surface area contributed by atoms with Gasteiger partial charge >= 0.3 is 17.9 Å². The molecule has 1 saturated heterocycles. The first-order chi connectivity index (χ1) is 51.5. The smallest absolute Gasteiger partial charge is 0.317 e. The van der Waals surface area contributed by atoms with E-state index in [9.17, 15) is 93.3 Å². The Morgan fingerprint density at radius 1 is 0.514 bits per heavy atom. The topological polar surface area (TPSA) is 545 Å². The minimum absolute atomic E-state index is 0. The van der Waals surface area contributed by atoms with Crippen LogP contribution in [0.2, 0.25) is 0 Å². The van der Waals surface area contributed by atoms with Gasteiger partial charge in [-0.3, -0.25) is 77.2 Å². The molecule has 1 aliphatic carbocycles. The molecule has 1 aliphatic heterocycles. The maximum Gasteiger partial charge on any atom is 0.317 e. The van der Waals surface area contributed by atoms with Crippen LogP contribution in [0.5, 0.6) is 5.75 Å². The van der Waals surface area contributed by atoms with E-state index in [-0.39, 0.29) is 147 Å². The Bertz CT molecular complexity index is 3720. The van der Waals surface area contributed by atoms with Gasteiger partial charge < -0.3 is 100 Å². The molecular weight excluding hydrogens is 1470 g/mol. The number of aliphatic hydroxyl groups excluding tert-OH is 3. The number of aliphatic imine (C=N–C) groups is 1. The monoisotopic (exact) mass is 1580 g/mol. The Morgan fingerprint density at radius 2 is 0.954 bits per heavy atom. The minimum Gasteiger partial charge on any atom is -0.511 e. The number of para-hydroxylation sites is 1. The number of benzene rings is 3. The Labute approximate surface area is 644 Å². The molecule has 0 spiro atoms. The van der Waals surface area contributed by atoms with Gasteiger partial charge in [0.25, 0.3) is 0 Å². The van der Waals surface area contributed by atoms with Crippen LogP contribution in [0.15, 0.2) is 102 Å². The summed E-state index contributed by atoms with van der Waals surface area (Å²) in [6.45, 7) is 4.97. The second kappa shape index (κ2) is 45.6. The van der Waals surface area contributed by atoms with Crippen LogP contribution in [0.1, 0.15) is 94.7 Å². The molecule has 1 aromatic heterocycles. The van der Waals surface area contributed by atoms with Gasteiger partial charge in [0.05, 0.1) is 39.3 Å². The largest absolute Gasteiger partial charge is 0.511 e. The zero-order valence-electron chi connectivity index (χ0n) is 61.4. The number of nitrogens with one attached hydrogen (secondary N) is 10.